The van der Waals surface area contributed by atoms with Gasteiger partial charge in [-0.1, -0.05) is 67.4 Å². The van der Waals surface area contributed by atoms with Crippen molar-refractivity contribution in [3.8, 4) is 0 Å². The van der Waals surface area contributed by atoms with Gasteiger partial charge in [0.25, 0.3) is 10.0 Å². The summed E-state index contributed by atoms with van der Waals surface area (Å²) in [5, 5.41) is 2.85. The Morgan fingerprint density at radius 2 is 1.59 bits per heavy atom. The lowest BCUT2D eigenvalue weighted by molar-refractivity contribution is -0.139. The number of hydrogen-bond donors (Lipinski definition) is 1. The third-order valence-corrected chi connectivity index (χ3v) is 8.38. The van der Waals surface area contributed by atoms with Crippen molar-refractivity contribution >= 4 is 27.5 Å². The van der Waals surface area contributed by atoms with E-state index in [2.05, 4.69) is 5.32 Å². The summed E-state index contributed by atoms with van der Waals surface area (Å²) in [5.41, 5.74) is 2.35. The van der Waals surface area contributed by atoms with Crippen LogP contribution in [0.5, 0.6) is 0 Å². The number of anilines is 1. The zero-order valence-electron chi connectivity index (χ0n) is 22.9. The Morgan fingerprint density at radius 3 is 2.23 bits per heavy atom. The number of nitrogens with one attached hydrogen (secondary N) is 1. The van der Waals surface area contributed by atoms with Gasteiger partial charge in [-0.15, -0.1) is 0 Å². The van der Waals surface area contributed by atoms with Gasteiger partial charge in [-0.2, -0.15) is 0 Å². The number of sulfonamides is 1. The van der Waals surface area contributed by atoms with Gasteiger partial charge >= 0.3 is 0 Å². The number of hydrogen-bond acceptors (Lipinski definition) is 4. The van der Waals surface area contributed by atoms with E-state index in [0.717, 1.165) is 39.9 Å². The molecule has 2 amide bonds. The molecule has 3 aromatic carbocycles. The van der Waals surface area contributed by atoms with E-state index in [1.54, 1.807) is 19.1 Å². The summed E-state index contributed by atoms with van der Waals surface area (Å²) in [6.07, 6.45) is 1.69. The van der Waals surface area contributed by atoms with Gasteiger partial charge in [0, 0.05) is 13.1 Å². The van der Waals surface area contributed by atoms with Crippen molar-refractivity contribution in [3.05, 3.63) is 95.3 Å². The number of rotatable bonds is 12. The van der Waals surface area contributed by atoms with Crippen LogP contribution in [0.4, 0.5) is 10.1 Å². The zero-order chi connectivity index (χ0) is 28.6. The van der Waals surface area contributed by atoms with Crippen molar-refractivity contribution in [3.63, 3.8) is 0 Å². The van der Waals surface area contributed by atoms with Crippen LogP contribution in [0.1, 0.15) is 43.4 Å². The molecular weight excluding hydrogens is 517 g/mol. The molecule has 208 valence electrons. The number of benzene rings is 3. The molecular formula is C30H36FN3O4S. The Morgan fingerprint density at radius 1 is 0.949 bits per heavy atom. The van der Waals surface area contributed by atoms with E-state index in [-0.39, 0.29) is 23.0 Å². The minimum Gasteiger partial charge on any atom is -0.354 e. The van der Waals surface area contributed by atoms with Gasteiger partial charge in [0.15, 0.2) is 0 Å². The van der Waals surface area contributed by atoms with Crippen LogP contribution in [0.15, 0.2) is 77.7 Å². The molecule has 0 aliphatic heterocycles. The first-order valence-electron chi connectivity index (χ1n) is 13.0. The summed E-state index contributed by atoms with van der Waals surface area (Å²) < 4.78 is 43.3. The molecule has 9 heteroatoms. The molecule has 3 rings (SSSR count). The zero-order valence-corrected chi connectivity index (χ0v) is 23.7. The summed E-state index contributed by atoms with van der Waals surface area (Å²) >= 11 is 0. The minimum absolute atomic E-state index is 0.0695. The quantitative estimate of drug-likeness (QED) is 0.321. The number of nitrogens with zero attached hydrogens (tertiary/aromatic N) is 2. The molecule has 1 N–H and O–H groups in total. The van der Waals surface area contributed by atoms with E-state index in [1.807, 2.05) is 45.0 Å². The summed E-state index contributed by atoms with van der Waals surface area (Å²) in [6.45, 7) is 7.21. The Balaban J connectivity index is 2.02. The van der Waals surface area contributed by atoms with Crippen LogP contribution >= 0.6 is 0 Å². The Bertz CT molecular complexity index is 1390. The highest BCUT2D eigenvalue weighted by atomic mass is 32.2. The number of para-hydroxylation sites is 1. The smallest absolute Gasteiger partial charge is 0.264 e. The third kappa shape index (κ3) is 7.44. The van der Waals surface area contributed by atoms with Crippen LogP contribution in [-0.2, 0) is 26.2 Å². The van der Waals surface area contributed by atoms with Crippen LogP contribution in [0.25, 0.3) is 0 Å². The highest BCUT2D eigenvalue weighted by molar-refractivity contribution is 7.92. The van der Waals surface area contributed by atoms with Crippen molar-refractivity contribution in [2.75, 3.05) is 17.4 Å². The number of carbonyl (C=O) groups is 2. The van der Waals surface area contributed by atoms with Gasteiger partial charge in [0.05, 0.1) is 10.6 Å². The van der Waals surface area contributed by atoms with Crippen molar-refractivity contribution in [1.82, 2.24) is 10.2 Å². The molecule has 0 bridgehead atoms. The van der Waals surface area contributed by atoms with Crippen molar-refractivity contribution in [1.29, 1.82) is 0 Å². The third-order valence-electron chi connectivity index (χ3n) is 6.61. The predicted molar refractivity (Wildman–Crippen MR) is 151 cm³/mol. The highest BCUT2D eigenvalue weighted by Crippen LogP contribution is 2.27. The second-order valence-corrected chi connectivity index (χ2v) is 11.4. The number of halogens is 1. The monoisotopic (exact) mass is 553 g/mol. The van der Waals surface area contributed by atoms with Gasteiger partial charge < -0.3 is 10.2 Å². The summed E-state index contributed by atoms with van der Waals surface area (Å²) in [7, 11) is -4.32. The fourth-order valence-electron chi connectivity index (χ4n) is 4.09. The molecule has 0 aliphatic carbocycles. The second-order valence-electron chi connectivity index (χ2n) is 9.54. The van der Waals surface area contributed by atoms with Crippen LogP contribution in [-0.4, -0.2) is 44.3 Å². The molecule has 0 saturated carbocycles. The Kier molecular flexibility index (Phi) is 10.2. The molecule has 0 fully saturated rings. The lowest BCUT2D eigenvalue weighted by atomic mass is 10.1. The van der Waals surface area contributed by atoms with E-state index in [9.17, 15) is 22.4 Å². The molecule has 0 spiro atoms. The number of carbonyl (C=O) groups excluding carboxylic acids is 2. The number of aryl methyl sites for hydroxylation is 2. The van der Waals surface area contributed by atoms with E-state index in [4.69, 9.17) is 0 Å². The first-order chi connectivity index (χ1) is 18.6. The average Bonchev–Trinajstić information content (AvgIpc) is 2.91. The first-order valence-corrected chi connectivity index (χ1v) is 14.5. The second kappa shape index (κ2) is 13.4. The summed E-state index contributed by atoms with van der Waals surface area (Å²) in [5.74, 6) is -1.75. The van der Waals surface area contributed by atoms with Crippen LogP contribution in [0.3, 0.4) is 0 Å². The Labute approximate surface area is 230 Å². The first kappa shape index (κ1) is 29.8. The number of amides is 2. The van der Waals surface area contributed by atoms with Gasteiger partial charge in [-0.05, 0) is 62.6 Å². The molecule has 0 aliphatic rings. The highest BCUT2D eigenvalue weighted by Gasteiger charge is 2.33. The number of unbranched alkanes of at least 4 members (excludes halogenated alkanes) is 1. The molecule has 39 heavy (non-hydrogen) atoms. The van der Waals surface area contributed by atoms with Gasteiger partial charge in [0.1, 0.15) is 18.4 Å². The van der Waals surface area contributed by atoms with E-state index < -0.39 is 34.3 Å². The average molecular weight is 554 g/mol. The minimum atomic E-state index is -4.32. The fourth-order valence-corrected chi connectivity index (χ4v) is 5.52. The maximum atomic E-state index is 15.0. The van der Waals surface area contributed by atoms with Crippen molar-refractivity contribution < 1.29 is 22.4 Å². The lowest BCUT2D eigenvalue weighted by Crippen LogP contribution is -2.51. The van der Waals surface area contributed by atoms with E-state index >= 15 is 0 Å². The molecule has 7 nitrogen and oxygen atoms in total. The largest absolute Gasteiger partial charge is 0.354 e. The van der Waals surface area contributed by atoms with Crippen LogP contribution in [0, 0.1) is 19.7 Å². The molecule has 1 atom stereocenters. The maximum absolute atomic E-state index is 15.0. The van der Waals surface area contributed by atoms with Crippen LogP contribution < -0.4 is 9.62 Å². The molecule has 0 radical (unpaired) electrons. The predicted octanol–water partition coefficient (Wildman–Crippen LogP) is 4.97. The lowest BCUT2D eigenvalue weighted by Gasteiger charge is -2.32. The fraction of sp³-hybridized carbons (Fsp3) is 0.333. The summed E-state index contributed by atoms with van der Waals surface area (Å²) in [6, 6.07) is 18.1. The molecule has 0 aromatic heterocycles. The van der Waals surface area contributed by atoms with E-state index in [1.165, 1.54) is 35.2 Å². The SMILES string of the molecule is CCCCNC(=O)[C@H](C)N(Cc1ccccc1C)C(=O)CN(c1ccccc1F)S(=O)(=O)c1ccc(C)cc1. The molecule has 0 unspecified atom stereocenters. The topological polar surface area (TPSA) is 86.8 Å². The van der Waals surface area contributed by atoms with Crippen LogP contribution in [0.2, 0.25) is 0 Å². The normalized spacial score (nSPS) is 12.0. The van der Waals surface area contributed by atoms with Gasteiger partial charge in [0.2, 0.25) is 11.8 Å². The maximum Gasteiger partial charge on any atom is 0.264 e. The Hall–Kier alpha value is -3.72. The van der Waals surface area contributed by atoms with Gasteiger partial charge in [-0.25, -0.2) is 12.8 Å². The molecule has 3 aromatic rings. The summed E-state index contributed by atoms with van der Waals surface area (Å²) in [4.78, 5) is 28.2. The molecule has 0 saturated heterocycles. The van der Waals surface area contributed by atoms with Gasteiger partial charge in [-0.3, -0.25) is 13.9 Å². The van der Waals surface area contributed by atoms with Crippen molar-refractivity contribution in [2.45, 2.75) is 58.0 Å². The van der Waals surface area contributed by atoms with E-state index in [0.29, 0.717) is 6.54 Å². The van der Waals surface area contributed by atoms with Crippen molar-refractivity contribution in [2.24, 2.45) is 0 Å². The standard InChI is InChI=1S/C30H36FN3O4S/c1-5-6-19-32-30(36)24(4)33(20-25-12-8-7-11-23(25)3)29(35)21-34(28-14-10-9-13-27(28)31)39(37,38)26-17-15-22(2)16-18-26/h7-18,24H,5-6,19-21H2,1-4H3,(H,32,36)/t24-/m0/s1. The molecule has 0 heterocycles.